The van der Waals surface area contributed by atoms with Gasteiger partial charge in [-0.3, -0.25) is 0 Å². The Morgan fingerprint density at radius 2 is 2.15 bits per heavy atom. The summed E-state index contributed by atoms with van der Waals surface area (Å²) in [5.41, 5.74) is 2.26. The molecule has 0 saturated heterocycles. The number of benzene rings is 1. The maximum atomic E-state index is 6.27. The summed E-state index contributed by atoms with van der Waals surface area (Å²) in [4.78, 5) is 4.54. The minimum atomic E-state index is 0.0830. The summed E-state index contributed by atoms with van der Waals surface area (Å²) >= 11 is 6.27. The third-order valence-corrected chi connectivity index (χ3v) is 3.82. The van der Waals surface area contributed by atoms with Crippen LogP contribution in [0.2, 0.25) is 5.02 Å². The predicted octanol–water partition coefficient (Wildman–Crippen LogP) is 3.95. The fourth-order valence-corrected chi connectivity index (χ4v) is 2.55. The van der Waals surface area contributed by atoms with Crippen LogP contribution >= 0.6 is 11.6 Å². The monoisotopic (exact) mass is 291 g/mol. The molecule has 0 aliphatic carbocycles. The van der Waals surface area contributed by atoms with Crippen molar-refractivity contribution in [2.24, 2.45) is 0 Å². The normalized spacial score (nSPS) is 12.6. The van der Waals surface area contributed by atoms with Crippen LogP contribution in [-0.4, -0.2) is 16.1 Å². The Balaban J connectivity index is 2.39. The van der Waals surface area contributed by atoms with Gasteiger partial charge in [-0.15, -0.1) is 0 Å². The predicted molar refractivity (Wildman–Crippen MR) is 84.2 cm³/mol. The van der Waals surface area contributed by atoms with Gasteiger partial charge in [-0.1, -0.05) is 37.6 Å². The lowest BCUT2D eigenvalue weighted by atomic mass is 10.0. The lowest BCUT2D eigenvalue weighted by Crippen LogP contribution is -2.25. The number of imidazole rings is 1. The number of aromatic nitrogens is 2. The van der Waals surface area contributed by atoms with Crippen LogP contribution in [0.5, 0.6) is 0 Å². The van der Waals surface area contributed by atoms with Crippen LogP contribution in [0.25, 0.3) is 0 Å². The molecule has 0 saturated carbocycles. The van der Waals surface area contributed by atoms with Gasteiger partial charge in [-0.2, -0.15) is 0 Å². The molecule has 0 radical (unpaired) electrons. The molecule has 1 heterocycles. The molecule has 0 fully saturated rings. The van der Waals surface area contributed by atoms with Gasteiger partial charge < -0.3 is 9.88 Å². The van der Waals surface area contributed by atoms with E-state index < -0.39 is 0 Å². The fourth-order valence-electron chi connectivity index (χ4n) is 2.36. The molecule has 20 heavy (non-hydrogen) atoms. The van der Waals surface area contributed by atoms with Gasteiger partial charge in [0.1, 0.15) is 5.82 Å². The standard InChI is InChI=1S/C16H22ClN3/c1-4-9-20-10-8-19-16(20)15(18-5-2)13-7-6-12(3)14(17)11-13/h6-8,10-11,15,18H,4-5,9H2,1-3H3. The van der Waals surface area contributed by atoms with Crippen molar-refractivity contribution in [3.05, 3.63) is 52.6 Å². The molecular formula is C16H22ClN3. The average molecular weight is 292 g/mol. The Kier molecular flexibility index (Phi) is 5.21. The smallest absolute Gasteiger partial charge is 0.130 e. The number of nitrogens with one attached hydrogen (secondary N) is 1. The molecule has 1 N–H and O–H groups in total. The lowest BCUT2D eigenvalue weighted by molar-refractivity contribution is 0.544. The molecule has 0 bridgehead atoms. The van der Waals surface area contributed by atoms with Crippen LogP contribution in [-0.2, 0) is 6.54 Å². The summed E-state index contributed by atoms with van der Waals surface area (Å²) in [6, 6.07) is 6.31. The number of hydrogen-bond donors (Lipinski definition) is 1. The number of nitrogens with zero attached hydrogens (tertiary/aromatic N) is 2. The van der Waals surface area contributed by atoms with E-state index in [9.17, 15) is 0 Å². The molecule has 1 aromatic heterocycles. The minimum absolute atomic E-state index is 0.0830. The highest BCUT2D eigenvalue weighted by atomic mass is 35.5. The zero-order chi connectivity index (χ0) is 14.5. The van der Waals surface area contributed by atoms with Crippen LogP contribution < -0.4 is 5.32 Å². The first-order chi connectivity index (χ1) is 9.67. The number of halogens is 1. The van der Waals surface area contributed by atoms with Crippen LogP contribution in [0, 0.1) is 6.92 Å². The first-order valence-corrected chi connectivity index (χ1v) is 7.55. The van der Waals surface area contributed by atoms with E-state index >= 15 is 0 Å². The van der Waals surface area contributed by atoms with Crippen LogP contribution in [0.3, 0.4) is 0 Å². The molecule has 1 aromatic carbocycles. The van der Waals surface area contributed by atoms with Gasteiger partial charge in [-0.25, -0.2) is 4.98 Å². The zero-order valence-corrected chi connectivity index (χ0v) is 13.1. The van der Waals surface area contributed by atoms with Gasteiger partial charge in [-0.05, 0) is 37.1 Å². The maximum absolute atomic E-state index is 6.27. The average Bonchev–Trinajstić information content (AvgIpc) is 2.88. The van der Waals surface area contributed by atoms with E-state index in [4.69, 9.17) is 11.6 Å². The molecule has 108 valence electrons. The Hall–Kier alpha value is -1.32. The molecule has 2 aromatic rings. The summed E-state index contributed by atoms with van der Waals surface area (Å²) in [6.45, 7) is 8.17. The van der Waals surface area contributed by atoms with Crippen molar-refractivity contribution in [2.45, 2.75) is 39.8 Å². The van der Waals surface area contributed by atoms with Crippen molar-refractivity contribution >= 4 is 11.6 Å². The summed E-state index contributed by atoms with van der Waals surface area (Å²) in [6.07, 6.45) is 5.00. The van der Waals surface area contributed by atoms with E-state index in [0.717, 1.165) is 41.5 Å². The molecule has 4 heteroatoms. The van der Waals surface area contributed by atoms with E-state index in [1.165, 1.54) is 0 Å². The topological polar surface area (TPSA) is 29.9 Å². The summed E-state index contributed by atoms with van der Waals surface area (Å²) in [5.74, 6) is 1.05. The highest BCUT2D eigenvalue weighted by Crippen LogP contribution is 2.25. The summed E-state index contributed by atoms with van der Waals surface area (Å²) in [7, 11) is 0. The van der Waals surface area contributed by atoms with Gasteiger partial charge in [0.25, 0.3) is 0 Å². The lowest BCUT2D eigenvalue weighted by Gasteiger charge is -2.20. The second-order valence-electron chi connectivity index (χ2n) is 4.98. The molecule has 1 atom stereocenters. The van der Waals surface area contributed by atoms with Crippen LogP contribution in [0.15, 0.2) is 30.6 Å². The van der Waals surface area contributed by atoms with E-state index in [-0.39, 0.29) is 6.04 Å². The summed E-state index contributed by atoms with van der Waals surface area (Å²) in [5, 5.41) is 4.31. The van der Waals surface area contributed by atoms with E-state index in [0.29, 0.717) is 0 Å². The molecule has 0 aliphatic rings. The van der Waals surface area contributed by atoms with E-state index in [2.05, 4.69) is 40.8 Å². The van der Waals surface area contributed by atoms with Crippen molar-refractivity contribution in [3.8, 4) is 0 Å². The zero-order valence-electron chi connectivity index (χ0n) is 12.4. The summed E-state index contributed by atoms with van der Waals surface area (Å²) < 4.78 is 2.21. The Labute approximate surface area is 126 Å². The second kappa shape index (κ2) is 6.91. The molecule has 0 amide bonds. The largest absolute Gasteiger partial charge is 0.333 e. The van der Waals surface area contributed by atoms with Gasteiger partial charge in [0, 0.05) is 24.0 Å². The first-order valence-electron chi connectivity index (χ1n) is 7.17. The van der Waals surface area contributed by atoms with Gasteiger partial charge in [0.15, 0.2) is 0 Å². The van der Waals surface area contributed by atoms with Gasteiger partial charge in [0.05, 0.1) is 6.04 Å². The van der Waals surface area contributed by atoms with Crippen molar-refractivity contribution in [2.75, 3.05) is 6.54 Å². The van der Waals surface area contributed by atoms with E-state index in [1.807, 2.05) is 25.4 Å². The Morgan fingerprint density at radius 3 is 2.80 bits per heavy atom. The third kappa shape index (κ3) is 3.22. The number of hydrogen-bond acceptors (Lipinski definition) is 2. The fraction of sp³-hybridized carbons (Fsp3) is 0.438. The molecule has 0 spiro atoms. The molecular weight excluding hydrogens is 270 g/mol. The van der Waals surface area contributed by atoms with Crippen LogP contribution in [0.1, 0.15) is 43.3 Å². The highest BCUT2D eigenvalue weighted by Gasteiger charge is 2.18. The van der Waals surface area contributed by atoms with Gasteiger partial charge >= 0.3 is 0 Å². The maximum Gasteiger partial charge on any atom is 0.130 e. The van der Waals surface area contributed by atoms with E-state index in [1.54, 1.807) is 0 Å². The van der Waals surface area contributed by atoms with Crippen molar-refractivity contribution in [1.82, 2.24) is 14.9 Å². The first kappa shape index (κ1) is 15.1. The molecule has 0 aliphatic heterocycles. The Morgan fingerprint density at radius 1 is 1.35 bits per heavy atom. The molecule has 3 nitrogen and oxygen atoms in total. The quantitative estimate of drug-likeness (QED) is 0.873. The second-order valence-corrected chi connectivity index (χ2v) is 5.39. The molecule has 1 unspecified atom stereocenters. The Bertz CT molecular complexity index is 563. The van der Waals surface area contributed by atoms with Crippen molar-refractivity contribution in [1.29, 1.82) is 0 Å². The number of aryl methyl sites for hydroxylation is 2. The van der Waals surface area contributed by atoms with Crippen molar-refractivity contribution < 1.29 is 0 Å². The SMILES string of the molecule is CCCn1ccnc1C(NCC)c1ccc(C)c(Cl)c1. The number of rotatable bonds is 6. The minimum Gasteiger partial charge on any atom is -0.333 e. The highest BCUT2D eigenvalue weighted by molar-refractivity contribution is 6.31. The third-order valence-electron chi connectivity index (χ3n) is 3.41. The molecule has 2 rings (SSSR count). The van der Waals surface area contributed by atoms with Crippen LogP contribution in [0.4, 0.5) is 0 Å². The van der Waals surface area contributed by atoms with Crippen molar-refractivity contribution in [3.63, 3.8) is 0 Å². The van der Waals surface area contributed by atoms with Gasteiger partial charge in [0.2, 0.25) is 0 Å².